The first-order valence-corrected chi connectivity index (χ1v) is 8.26. The highest BCUT2D eigenvalue weighted by atomic mass is 16.5. The second-order valence-corrected chi connectivity index (χ2v) is 6.93. The number of hydrogen-bond acceptors (Lipinski definition) is 3. The topological polar surface area (TPSA) is 15.7 Å². The molecule has 2 aliphatic heterocycles. The predicted octanol–water partition coefficient (Wildman–Crippen LogP) is 3.15. The van der Waals surface area contributed by atoms with Gasteiger partial charge in [0.05, 0.1) is 18.2 Å². The molecule has 0 saturated carbocycles. The lowest BCUT2D eigenvalue weighted by Gasteiger charge is -2.40. The first kappa shape index (κ1) is 14.9. The lowest BCUT2D eigenvalue weighted by Crippen LogP contribution is -2.47. The van der Waals surface area contributed by atoms with E-state index < -0.39 is 0 Å². The van der Waals surface area contributed by atoms with Crippen molar-refractivity contribution in [1.29, 1.82) is 0 Å². The number of anilines is 1. The van der Waals surface area contributed by atoms with E-state index in [1.165, 1.54) is 38.0 Å². The molecular weight excluding hydrogens is 260 g/mol. The number of likely N-dealkylation sites (N-methyl/N-ethyl adjacent to an activating group) is 1. The van der Waals surface area contributed by atoms with Gasteiger partial charge >= 0.3 is 0 Å². The van der Waals surface area contributed by atoms with E-state index >= 15 is 0 Å². The van der Waals surface area contributed by atoms with Crippen LogP contribution in [-0.2, 0) is 4.74 Å². The molecule has 0 aromatic heterocycles. The maximum atomic E-state index is 6.30. The highest BCUT2D eigenvalue weighted by molar-refractivity contribution is 5.46. The lowest BCUT2D eigenvalue weighted by atomic mass is 9.86. The molecule has 0 aliphatic carbocycles. The smallest absolute Gasteiger partial charge is 0.0728 e. The van der Waals surface area contributed by atoms with Gasteiger partial charge in [0.2, 0.25) is 0 Å². The molecule has 1 spiro atoms. The van der Waals surface area contributed by atoms with Gasteiger partial charge in [-0.2, -0.15) is 0 Å². The van der Waals surface area contributed by atoms with E-state index in [0.29, 0.717) is 12.1 Å². The second-order valence-electron chi connectivity index (χ2n) is 6.93. The van der Waals surface area contributed by atoms with Crippen molar-refractivity contribution in [2.45, 2.75) is 50.8 Å². The van der Waals surface area contributed by atoms with Crippen molar-refractivity contribution in [3.05, 3.63) is 30.3 Å². The number of nitrogens with zero attached hydrogens (tertiary/aromatic N) is 2. The van der Waals surface area contributed by atoms with Crippen LogP contribution in [0.25, 0.3) is 0 Å². The summed E-state index contributed by atoms with van der Waals surface area (Å²) in [6.07, 6.45) is 3.54. The summed E-state index contributed by atoms with van der Waals surface area (Å²) in [5.74, 6) is 0. The zero-order valence-electron chi connectivity index (χ0n) is 13.6. The molecule has 2 saturated heterocycles. The minimum atomic E-state index is 0.138. The zero-order valence-corrected chi connectivity index (χ0v) is 13.6. The summed E-state index contributed by atoms with van der Waals surface area (Å²) >= 11 is 0. The van der Waals surface area contributed by atoms with Crippen molar-refractivity contribution in [1.82, 2.24) is 4.90 Å². The van der Waals surface area contributed by atoms with Crippen molar-refractivity contribution in [2.75, 3.05) is 31.6 Å². The molecule has 1 unspecified atom stereocenters. The van der Waals surface area contributed by atoms with Gasteiger partial charge in [-0.1, -0.05) is 18.2 Å². The highest BCUT2D eigenvalue weighted by Gasteiger charge is 2.44. The molecular formula is C18H28N2O. The van der Waals surface area contributed by atoms with Gasteiger partial charge in [-0.05, 0) is 45.2 Å². The Morgan fingerprint density at radius 2 is 1.86 bits per heavy atom. The quantitative estimate of drug-likeness (QED) is 0.850. The van der Waals surface area contributed by atoms with Gasteiger partial charge in [-0.15, -0.1) is 0 Å². The molecule has 3 nitrogen and oxygen atoms in total. The lowest BCUT2D eigenvalue weighted by molar-refractivity contribution is -0.0483. The molecule has 3 heteroatoms. The largest absolute Gasteiger partial charge is 0.373 e. The Morgan fingerprint density at radius 1 is 1.19 bits per heavy atom. The average molecular weight is 288 g/mol. The van der Waals surface area contributed by atoms with Gasteiger partial charge in [0.15, 0.2) is 0 Å². The Balaban J connectivity index is 1.61. The molecule has 1 atom stereocenters. The van der Waals surface area contributed by atoms with Crippen LogP contribution in [0.2, 0.25) is 0 Å². The van der Waals surface area contributed by atoms with Crippen LogP contribution in [0, 0.1) is 0 Å². The third-order valence-electron chi connectivity index (χ3n) is 5.34. The van der Waals surface area contributed by atoms with E-state index in [0.717, 1.165) is 6.61 Å². The van der Waals surface area contributed by atoms with Crippen LogP contribution >= 0.6 is 0 Å². The molecule has 1 aromatic carbocycles. The molecule has 2 fully saturated rings. The van der Waals surface area contributed by atoms with Crippen molar-refractivity contribution < 1.29 is 4.74 Å². The number of ether oxygens (including phenoxy) is 1. The van der Waals surface area contributed by atoms with Crippen LogP contribution in [0.4, 0.5) is 5.69 Å². The molecule has 1 aromatic rings. The minimum absolute atomic E-state index is 0.138. The van der Waals surface area contributed by atoms with Gasteiger partial charge < -0.3 is 14.5 Å². The number of para-hydroxylation sites is 1. The Hall–Kier alpha value is -1.06. The standard InChI is InChI=1S/C18H28N2O/c1-15(2)20-11-9-18(10-12-20)13-17(14-21-18)19(3)16-7-5-4-6-8-16/h4-8,15,17H,9-14H2,1-3H3. The maximum absolute atomic E-state index is 6.30. The first-order valence-electron chi connectivity index (χ1n) is 8.26. The van der Waals surface area contributed by atoms with Gasteiger partial charge in [0.25, 0.3) is 0 Å². The Bertz CT molecular complexity index is 452. The number of benzene rings is 1. The molecule has 0 bridgehead atoms. The summed E-state index contributed by atoms with van der Waals surface area (Å²) in [4.78, 5) is 4.96. The predicted molar refractivity (Wildman–Crippen MR) is 87.9 cm³/mol. The monoisotopic (exact) mass is 288 g/mol. The molecule has 0 radical (unpaired) electrons. The summed E-state index contributed by atoms with van der Waals surface area (Å²) in [5, 5.41) is 0. The number of hydrogen-bond donors (Lipinski definition) is 0. The SMILES string of the molecule is CC(C)N1CCC2(CC1)CC(N(C)c1ccccc1)CO2. The fraction of sp³-hybridized carbons (Fsp3) is 0.667. The van der Waals surface area contributed by atoms with Gasteiger partial charge in [0.1, 0.15) is 0 Å². The van der Waals surface area contributed by atoms with E-state index in [9.17, 15) is 0 Å². The third kappa shape index (κ3) is 3.09. The van der Waals surface area contributed by atoms with E-state index in [1.807, 2.05) is 0 Å². The Morgan fingerprint density at radius 3 is 2.48 bits per heavy atom. The zero-order chi connectivity index (χ0) is 14.9. The van der Waals surface area contributed by atoms with Crippen molar-refractivity contribution in [2.24, 2.45) is 0 Å². The Kier molecular flexibility index (Phi) is 4.23. The molecule has 116 valence electrons. The molecule has 2 aliphatic rings. The summed E-state index contributed by atoms with van der Waals surface area (Å²) in [5.41, 5.74) is 1.43. The fourth-order valence-electron chi connectivity index (χ4n) is 3.74. The normalized spacial score (nSPS) is 25.6. The average Bonchev–Trinajstić information content (AvgIpc) is 2.92. The van der Waals surface area contributed by atoms with Crippen LogP contribution in [0.15, 0.2) is 30.3 Å². The maximum Gasteiger partial charge on any atom is 0.0728 e. The molecule has 21 heavy (non-hydrogen) atoms. The van der Waals surface area contributed by atoms with Crippen molar-refractivity contribution in [3.63, 3.8) is 0 Å². The van der Waals surface area contributed by atoms with Crippen LogP contribution in [0.3, 0.4) is 0 Å². The van der Waals surface area contributed by atoms with E-state index in [-0.39, 0.29) is 5.60 Å². The molecule has 0 amide bonds. The summed E-state index contributed by atoms with van der Waals surface area (Å²) < 4.78 is 6.30. The second kappa shape index (κ2) is 5.98. The van der Waals surface area contributed by atoms with Crippen molar-refractivity contribution >= 4 is 5.69 Å². The first-order chi connectivity index (χ1) is 10.1. The summed E-state index contributed by atoms with van der Waals surface area (Å²) in [6.45, 7) is 7.81. The number of likely N-dealkylation sites (tertiary alicyclic amines) is 1. The van der Waals surface area contributed by atoms with Crippen LogP contribution < -0.4 is 4.90 Å². The van der Waals surface area contributed by atoms with E-state index in [4.69, 9.17) is 4.74 Å². The summed E-state index contributed by atoms with van der Waals surface area (Å²) in [7, 11) is 2.20. The third-order valence-corrected chi connectivity index (χ3v) is 5.34. The van der Waals surface area contributed by atoms with Gasteiger partial charge in [-0.3, -0.25) is 0 Å². The minimum Gasteiger partial charge on any atom is -0.373 e. The van der Waals surface area contributed by atoms with Crippen molar-refractivity contribution in [3.8, 4) is 0 Å². The van der Waals surface area contributed by atoms with Gasteiger partial charge in [-0.25, -0.2) is 0 Å². The number of rotatable bonds is 3. The summed E-state index contributed by atoms with van der Waals surface area (Å²) in [6, 6.07) is 11.8. The van der Waals surface area contributed by atoms with Crippen LogP contribution in [0.5, 0.6) is 0 Å². The van der Waals surface area contributed by atoms with E-state index in [1.54, 1.807) is 0 Å². The molecule has 2 heterocycles. The molecule has 0 N–H and O–H groups in total. The number of piperidine rings is 1. The highest BCUT2D eigenvalue weighted by Crippen LogP contribution is 2.38. The van der Waals surface area contributed by atoms with E-state index in [2.05, 4.69) is 61.0 Å². The van der Waals surface area contributed by atoms with Crippen LogP contribution in [-0.4, -0.2) is 49.3 Å². The van der Waals surface area contributed by atoms with Gasteiger partial charge in [0, 0.05) is 31.9 Å². The fourth-order valence-corrected chi connectivity index (χ4v) is 3.74. The molecule has 3 rings (SSSR count). The Labute approximate surface area is 128 Å². The van der Waals surface area contributed by atoms with Crippen LogP contribution in [0.1, 0.15) is 33.1 Å².